The van der Waals surface area contributed by atoms with Crippen LogP contribution >= 0.6 is 24.9 Å². The molecule has 0 unspecified atom stereocenters. The summed E-state index contributed by atoms with van der Waals surface area (Å²) in [4.78, 5) is 24.9. The number of hydrogen-bond donors (Lipinski definition) is 2. The van der Waals surface area contributed by atoms with Crippen LogP contribution in [0.5, 0.6) is 5.75 Å². The van der Waals surface area contributed by atoms with Crippen molar-refractivity contribution in [1.82, 2.24) is 19.2 Å². The molecule has 11 heteroatoms. The van der Waals surface area contributed by atoms with Gasteiger partial charge in [-0.3, -0.25) is 14.1 Å². The molecular weight excluding hydrogens is 544 g/mol. The number of anilines is 3. The van der Waals surface area contributed by atoms with Crippen molar-refractivity contribution in [2.45, 2.75) is 50.2 Å². The maximum atomic E-state index is 11.0. The van der Waals surface area contributed by atoms with Gasteiger partial charge in [-0.05, 0) is 50.7 Å². The van der Waals surface area contributed by atoms with Gasteiger partial charge < -0.3 is 24.0 Å². The Labute approximate surface area is 246 Å². The van der Waals surface area contributed by atoms with Crippen molar-refractivity contribution in [3.8, 4) is 17.6 Å². The molecule has 40 heavy (non-hydrogen) atoms. The van der Waals surface area contributed by atoms with Gasteiger partial charge in [0.2, 0.25) is 0 Å². The van der Waals surface area contributed by atoms with Gasteiger partial charge in [0.1, 0.15) is 5.82 Å². The number of carbonyl (C=O) groups is 1. The molecule has 1 saturated carbocycles. The molecule has 4 aliphatic heterocycles. The number of rotatable bonds is 3. The van der Waals surface area contributed by atoms with E-state index in [0.29, 0.717) is 11.8 Å². The fraction of sp³-hybridized carbons (Fsp3) is 0.552. The fourth-order valence-corrected chi connectivity index (χ4v) is 6.60. The molecule has 7 rings (SSSR count). The third kappa shape index (κ3) is 6.15. The predicted octanol–water partition coefficient (Wildman–Crippen LogP) is 4.35. The molecular formula is C29H36N6O3S2. The largest absolute Gasteiger partial charge is 0.421 e. The number of carbonyl (C=O) groups excluding carboxylic acids is 1. The number of amides is 1. The predicted molar refractivity (Wildman–Crippen MR) is 161 cm³/mol. The second-order valence-electron chi connectivity index (χ2n) is 10.8. The van der Waals surface area contributed by atoms with Crippen LogP contribution in [0.4, 0.5) is 17.2 Å². The summed E-state index contributed by atoms with van der Waals surface area (Å²) >= 11 is 5.93. The molecule has 0 spiro atoms. The molecule has 4 fully saturated rings. The summed E-state index contributed by atoms with van der Waals surface area (Å²) in [5.74, 6) is 8.60. The monoisotopic (exact) mass is 580 g/mol. The summed E-state index contributed by atoms with van der Waals surface area (Å²) in [6, 6.07) is 4.27. The van der Waals surface area contributed by atoms with Crippen molar-refractivity contribution in [2.24, 2.45) is 0 Å². The van der Waals surface area contributed by atoms with E-state index in [1.165, 1.54) is 36.1 Å². The van der Waals surface area contributed by atoms with Crippen molar-refractivity contribution in [2.75, 3.05) is 62.7 Å². The van der Waals surface area contributed by atoms with E-state index < -0.39 is 0 Å². The summed E-state index contributed by atoms with van der Waals surface area (Å²) in [6.45, 7) is 8.69. The highest BCUT2D eigenvalue weighted by atomic mass is 32.2. The summed E-state index contributed by atoms with van der Waals surface area (Å²) in [6.07, 6.45) is 6.55. The first kappa shape index (κ1) is 27.5. The molecule has 1 N–H and O–H groups in total. The average Bonchev–Trinajstić information content (AvgIpc) is 3.64. The SMILES string of the molecule is CC#CC(=O)N1CCCC1.SN1CC(c2cc3c(c(C4CC4)n2)OSCc2c(N4CCOCC4)ccnc2N3)C1. The number of pyridine rings is 2. The smallest absolute Gasteiger partial charge is 0.298 e. The van der Waals surface area contributed by atoms with Crippen LogP contribution in [0.1, 0.15) is 61.4 Å². The minimum atomic E-state index is -0.0139. The minimum absolute atomic E-state index is 0.0139. The van der Waals surface area contributed by atoms with Crippen LogP contribution in [-0.2, 0) is 15.3 Å². The highest BCUT2D eigenvalue weighted by molar-refractivity contribution is 7.94. The summed E-state index contributed by atoms with van der Waals surface area (Å²) in [5, 5.41) is 3.62. The standard InChI is InChI=1S/C21H25N5O2S2.C8H11NO/c29-26-10-14(11-26)16-9-17-20(19(23-16)13-1-2-13)28-30-12-15-18(3-4-22-21(15)24-17)25-5-7-27-8-6-25;1-2-5-8(10)9-6-3-4-7-9/h3-4,9,13-14,29H,1-2,5-8,10-12H2,(H,22,24);3-4,6-7H2,1H3. The molecule has 3 saturated heterocycles. The molecule has 0 radical (unpaired) electrons. The topological polar surface area (TPSA) is 83.1 Å². The minimum Gasteiger partial charge on any atom is -0.421 e. The van der Waals surface area contributed by atoms with E-state index >= 15 is 0 Å². The van der Waals surface area contributed by atoms with Crippen molar-refractivity contribution in [1.29, 1.82) is 0 Å². The number of thiol groups is 1. The normalized spacial score (nSPS) is 20.6. The van der Waals surface area contributed by atoms with Crippen LogP contribution < -0.4 is 14.4 Å². The maximum absolute atomic E-state index is 11.0. The Morgan fingerprint density at radius 2 is 1.93 bits per heavy atom. The lowest BCUT2D eigenvalue weighted by Crippen LogP contribution is -2.38. The van der Waals surface area contributed by atoms with Crippen LogP contribution in [0.3, 0.4) is 0 Å². The molecule has 2 aromatic heterocycles. The molecule has 0 aromatic carbocycles. The number of likely N-dealkylation sites (tertiary alicyclic amines) is 1. The Kier molecular flexibility index (Phi) is 8.58. The van der Waals surface area contributed by atoms with Crippen LogP contribution in [0.25, 0.3) is 0 Å². The van der Waals surface area contributed by atoms with Crippen molar-refractivity contribution in [3.63, 3.8) is 0 Å². The van der Waals surface area contributed by atoms with Gasteiger partial charge in [0.05, 0.1) is 42.4 Å². The quantitative estimate of drug-likeness (QED) is 0.313. The Balaban J connectivity index is 0.000000246. The summed E-state index contributed by atoms with van der Waals surface area (Å²) < 4.78 is 13.8. The number of aromatic nitrogens is 2. The lowest BCUT2D eigenvalue weighted by Gasteiger charge is -2.35. The zero-order valence-electron chi connectivity index (χ0n) is 22.9. The number of nitrogens with one attached hydrogen (secondary N) is 1. The van der Waals surface area contributed by atoms with Gasteiger partial charge in [-0.2, -0.15) is 0 Å². The maximum Gasteiger partial charge on any atom is 0.298 e. The zero-order chi connectivity index (χ0) is 27.5. The van der Waals surface area contributed by atoms with Gasteiger partial charge >= 0.3 is 0 Å². The summed E-state index contributed by atoms with van der Waals surface area (Å²) in [5.41, 5.74) is 5.63. The fourth-order valence-electron chi connectivity index (χ4n) is 5.45. The lowest BCUT2D eigenvalue weighted by molar-refractivity contribution is -0.124. The Bertz CT molecular complexity index is 1290. The van der Waals surface area contributed by atoms with Crippen LogP contribution in [0.2, 0.25) is 0 Å². The van der Waals surface area contributed by atoms with Crippen LogP contribution in [0, 0.1) is 11.8 Å². The molecule has 1 amide bonds. The van der Waals surface area contributed by atoms with E-state index in [4.69, 9.17) is 18.9 Å². The van der Waals surface area contributed by atoms with E-state index in [0.717, 1.165) is 99.7 Å². The van der Waals surface area contributed by atoms with E-state index in [2.05, 4.69) is 47.0 Å². The Morgan fingerprint density at radius 1 is 1.15 bits per heavy atom. The first-order chi connectivity index (χ1) is 19.6. The van der Waals surface area contributed by atoms with Crippen LogP contribution in [-0.4, -0.2) is 77.6 Å². The molecule has 0 bridgehead atoms. The number of hydrogen-bond acceptors (Lipinski definition) is 10. The first-order valence-electron chi connectivity index (χ1n) is 14.2. The Morgan fingerprint density at radius 3 is 2.62 bits per heavy atom. The van der Waals surface area contributed by atoms with E-state index in [9.17, 15) is 4.79 Å². The van der Waals surface area contributed by atoms with Crippen molar-refractivity contribution < 1.29 is 13.7 Å². The number of fused-ring (bicyclic) bond motifs is 2. The van der Waals surface area contributed by atoms with Crippen molar-refractivity contribution in [3.05, 3.63) is 35.3 Å². The van der Waals surface area contributed by atoms with Gasteiger partial charge in [-0.1, -0.05) is 18.7 Å². The van der Waals surface area contributed by atoms with Crippen molar-refractivity contribution >= 4 is 48.0 Å². The number of ether oxygens (including phenoxy) is 1. The molecule has 5 aliphatic rings. The molecule has 2 aromatic rings. The second kappa shape index (κ2) is 12.5. The Hall–Kier alpha value is -2.65. The molecule has 1 aliphatic carbocycles. The zero-order valence-corrected chi connectivity index (χ0v) is 24.6. The van der Waals surface area contributed by atoms with E-state index in [1.54, 1.807) is 11.8 Å². The third-order valence-corrected chi connectivity index (χ3v) is 8.89. The number of morpholine rings is 1. The second-order valence-corrected chi connectivity index (χ2v) is 12.0. The highest BCUT2D eigenvalue weighted by Crippen LogP contribution is 2.49. The van der Waals surface area contributed by atoms with Gasteiger partial charge in [-0.25, -0.2) is 4.98 Å². The van der Waals surface area contributed by atoms with E-state index in [1.807, 2.05) is 10.5 Å². The van der Waals surface area contributed by atoms with Crippen LogP contribution in [0.15, 0.2) is 18.3 Å². The third-order valence-electron chi connectivity index (χ3n) is 7.87. The first-order valence-corrected chi connectivity index (χ1v) is 15.5. The molecule has 0 atom stereocenters. The summed E-state index contributed by atoms with van der Waals surface area (Å²) in [7, 11) is 0. The average molecular weight is 581 g/mol. The van der Waals surface area contributed by atoms with Gasteiger partial charge in [-0.15, -0.1) is 0 Å². The van der Waals surface area contributed by atoms with Gasteiger partial charge in [0, 0.05) is 74.2 Å². The van der Waals surface area contributed by atoms with Gasteiger partial charge in [0.15, 0.2) is 5.75 Å². The number of nitrogens with zero attached hydrogens (tertiary/aromatic N) is 5. The molecule has 212 valence electrons. The van der Waals surface area contributed by atoms with E-state index in [-0.39, 0.29) is 5.91 Å². The highest BCUT2D eigenvalue weighted by Gasteiger charge is 2.35. The molecule has 9 nitrogen and oxygen atoms in total. The lowest BCUT2D eigenvalue weighted by atomic mass is 9.97. The molecule has 6 heterocycles. The van der Waals surface area contributed by atoms with Gasteiger partial charge in [0.25, 0.3) is 5.91 Å².